The molecule has 3 nitrogen and oxygen atoms in total. The molecule has 3 heteroatoms. The average molecular weight is 227 g/mol. The summed E-state index contributed by atoms with van der Waals surface area (Å²) in [5, 5.41) is 8.92. The minimum atomic E-state index is -0.691. The van der Waals surface area contributed by atoms with E-state index in [4.69, 9.17) is 5.11 Å². The normalized spacial score (nSPS) is 32.7. The molecule has 0 heterocycles. The summed E-state index contributed by atoms with van der Waals surface area (Å²) < 4.78 is 0. The van der Waals surface area contributed by atoms with Crippen molar-refractivity contribution < 1.29 is 9.90 Å². The SMILES string of the molecule is CC1CCC(C)C(N(C)CC(C)C(=O)O)C1. The smallest absolute Gasteiger partial charge is 0.307 e. The molecule has 1 fully saturated rings. The highest BCUT2D eigenvalue weighted by Crippen LogP contribution is 2.31. The molecular formula is C13H25NO2. The van der Waals surface area contributed by atoms with E-state index in [0.717, 1.165) is 5.92 Å². The highest BCUT2D eigenvalue weighted by molar-refractivity contribution is 5.69. The quantitative estimate of drug-likeness (QED) is 0.802. The zero-order valence-corrected chi connectivity index (χ0v) is 10.9. The molecule has 0 radical (unpaired) electrons. The van der Waals surface area contributed by atoms with Gasteiger partial charge in [-0.15, -0.1) is 0 Å². The van der Waals surface area contributed by atoms with Gasteiger partial charge < -0.3 is 10.0 Å². The molecule has 1 rings (SSSR count). The van der Waals surface area contributed by atoms with Crippen molar-refractivity contribution in [1.82, 2.24) is 4.90 Å². The Hall–Kier alpha value is -0.570. The van der Waals surface area contributed by atoms with Crippen molar-refractivity contribution in [3.8, 4) is 0 Å². The Balaban J connectivity index is 2.51. The third-order valence-corrected chi connectivity index (χ3v) is 3.97. The van der Waals surface area contributed by atoms with Gasteiger partial charge in [0.2, 0.25) is 0 Å². The third kappa shape index (κ3) is 3.48. The van der Waals surface area contributed by atoms with E-state index in [0.29, 0.717) is 18.5 Å². The molecule has 1 saturated carbocycles. The van der Waals surface area contributed by atoms with Crippen molar-refractivity contribution in [2.45, 2.75) is 46.1 Å². The van der Waals surface area contributed by atoms with Crippen LogP contribution in [-0.4, -0.2) is 35.6 Å². The Bertz CT molecular complexity index is 242. The van der Waals surface area contributed by atoms with E-state index >= 15 is 0 Å². The predicted octanol–water partition coefficient (Wildman–Crippen LogP) is 2.46. The van der Waals surface area contributed by atoms with Crippen LogP contribution in [0, 0.1) is 17.8 Å². The molecule has 0 aromatic carbocycles. The molecule has 16 heavy (non-hydrogen) atoms. The predicted molar refractivity (Wildman–Crippen MR) is 65.4 cm³/mol. The second-order valence-electron chi connectivity index (χ2n) is 5.64. The van der Waals surface area contributed by atoms with Crippen molar-refractivity contribution >= 4 is 5.97 Å². The highest BCUT2D eigenvalue weighted by Gasteiger charge is 2.29. The van der Waals surface area contributed by atoms with Gasteiger partial charge in [-0.05, 0) is 31.7 Å². The van der Waals surface area contributed by atoms with E-state index in [1.807, 2.05) is 0 Å². The number of nitrogens with zero attached hydrogens (tertiary/aromatic N) is 1. The Morgan fingerprint density at radius 2 is 2.06 bits per heavy atom. The van der Waals surface area contributed by atoms with Gasteiger partial charge in [-0.3, -0.25) is 4.79 Å². The second-order valence-corrected chi connectivity index (χ2v) is 5.64. The number of carbonyl (C=O) groups is 1. The number of rotatable bonds is 4. The molecule has 0 aromatic heterocycles. The standard InChI is InChI=1S/C13H25NO2/c1-9-5-6-10(2)12(7-9)14(4)8-11(3)13(15)16/h9-12H,5-8H2,1-4H3,(H,15,16). The van der Waals surface area contributed by atoms with E-state index in [9.17, 15) is 4.79 Å². The van der Waals surface area contributed by atoms with Crippen LogP contribution in [0.4, 0.5) is 0 Å². The van der Waals surface area contributed by atoms with Gasteiger partial charge in [0.05, 0.1) is 5.92 Å². The fourth-order valence-corrected chi connectivity index (χ4v) is 2.76. The molecule has 4 atom stereocenters. The van der Waals surface area contributed by atoms with E-state index < -0.39 is 5.97 Å². The first-order chi connectivity index (χ1) is 7.41. The fraction of sp³-hybridized carbons (Fsp3) is 0.923. The molecule has 0 bridgehead atoms. The zero-order chi connectivity index (χ0) is 12.3. The lowest BCUT2D eigenvalue weighted by atomic mass is 9.79. The van der Waals surface area contributed by atoms with E-state index in [1.54, 1.807) is 6.92 Å². The number of carboxylic acids is 1. The lowest BCUT2D eigenvalue weighted by molar-refractivity contribution is -0.142. The summed E-state index contributed by atoms with van der Waals surface area (Å²) in [5.41, 5.74) is 0. The zero-order valence-electron chi connectivity index (χ0n) is 10.9. The monoisotopic (exact) mass is 227 g/mol. The van der Waals surface area contributed by atoms with Gasteiger partial charge in [0.15, 0.2) is 0 Å². The topological polar surface area (TPSA) is 40.5 Å². The van der Waals surface area contributed by atoms with Crippen molar-refractivity contribution in [3.05, 3.63) is 0 Å². The van der Waals surface area contributed by atoms with Gasteiger partial charge in [-0.25, -0.2) is 0 Å². The van der Waals surface area contributed by atoms with Gasteiger partial charge in [0, 0.05) is 12.6 Å². The Morgan fingerprint density at radius 3 is 2.62 bits per heavy atom. The maximum absolute atomic E-state index is 10.8. The van der Waals surface area contributed by atoms with Crippen LogP contribution in [0.15, 0.2) is 0 Å². The van der Waals surface area contributed by atoms with Crippen LogP contribution in [0.5, 0.6) is 0 Å². The maximum atomic E-state index is 10.8. The summed E-state index contributed by atoms with van der Waals surface area (Å²) in [4.78, 5) is 13.1. The Labute approximate surface area is 98.8 Å². The summed E-state index contributed by atoms with van der Waals surface area (Å²) in [6, 6.07) is 0.561. The summed E-state index contributed by atoms with van der Waals surface area (Å²) >= 11 is 0. The number of aliphatic carboxylic acids is 1. The summed E-state index contributed by atoms with van der Waals surface area (Å²) in [7, 11) is 2.07. The molecule has 0 saturated heterocycles. The van der Waals surface area contributed by atoms with Crippen molar-refractivity contribution in [2.24, 2.45) is 17.8 Å². The first-order valence-corrected chi connectivity index (χ1v) is 6.34. The average Bonchev–Trinajstić information content (AvgIpc) is 2.21. The van der Waals surface area contributed by atoms with Crippen molar-refractivity contribution in [2.75, 3.05) is 13.6 Å². The highest BCUT2D eigenvalue weighted by atomic mass is 16.4. The first kappa shape index (κ1) is 13.5. The van der Waals surface area contributed by atoms with Crippen molar-refractivity contribution in [3.63, 3.8) is 0 Å². The van der Waals surface area contributed by atoms with Crippen LogP contribution in [0.1, 0.15) is 40.0 Å². The van der Waals surface area contributed by atoms with Gasteiger partial charge in [0.1, 0.15) is 0 Å². The minimum Gasteiger partial charge on any atom is -0.481 e. The van der Waals surface area contributed by atoms with E-state index in [-0.39, 0.29) is 5.92 Å². The van der Waals surface area contributed by atoms with Gasteiger partial charge >= 0.3 is 5.97 Å². The van der Waals surface area contributed by atoms with Crippen LogP contribution in [0.2, 0.25) is 0 Å². The van der Waals surface area contributed by atoms with E-state index in [1.165, 1.54) is 19.3 Å². The first-order valence-electron chi connectivity index (χ1n) is 6.34. The summed E-state index contributed by atoms with van der Waals surface area (Å²) in [6.45, 7) is 7.04. The lowest BCUT2D eigenvalue weighted by Gasteiger charge is -2.39. The molecule has 0 amide bonds. The Morgan fingerprint density at radius 1 is 1.44 bits per heavy atom. The van der Waals surface area contributed by atoms with Crippen LogP contribution in [-0.2, 0) is 4.79 Å². The Kier molecular flexibility index (Phi) is 4.78. The number of carboxylic acid groups (broad SMARTS) is 1. The summed E-state index contributed by atoms with van der Waals surface area (Å²) in [6.07, 6.45) is 3.81. The molecule has 0 aromatic rings. The largest absolute Gasteiger partial charge is 0.481 e. The maximum Gasteiger partial charge on any atom is 0.307 e. The molecular weight excluding hydrogens is 202 g/mol. The van der Waals surface area contributed by atoms with Crippen LogP contribution < -0.4 is 0 Å². The van der Waals surface area contributed by atoms with Gasteiger partial charge in [-0.1, -0.05) is 27.2 Å². The molecule has 1 aliphatic rings. The van der Waals surface area contributed by atoms with Crippen LogP contribution in [0.25, 0.3) is 0 Å². The van der Waals surface area contributed by atoms with Crippen LogP contribution >= 0.6 is 0 Å². The van der Waals surface area contributed by atoms with Crippen molar-refractivity contribution in [1.29, 1.82) is 0 Å². The van der Waals surface area contributed by atoms with Gasteiger partial charge in [0.25, 0.3) is 0 Å². The second kappa shape index (κ2) is 5.67. The molecule has 0 spiro atoms. The minimum absolute atomic E-state index is 0.269. The molecule has 94 valence electrons. The lowest BCUT2D eigenvalue weighted by Crippen LogP contribution is -2.43. The molecule has 4 unspecified atom stereocenters. The number of hydrogen-bond donors (Lipinski definition) is 1. The van der Waals surface area contributed by atoms with Gasteiger partial charge in [-0.2, -0.15) is 0 Å². The molecule has 0 aliphatic heterocycles. The fourth-order valence-electron chi connectivity index (χ4n) is 2.76. The van der Waals surface area contributed by atoms with E-state index in [2.05, 4.69) is 25.8 Å². The van der Waals surface area contributed by atoms with Crippen LogP contribution in [0.3, 0.4) is 0 Å². The number of hydrogen-bond acceptors (Lipinski definition) is 2. The summed E-state index contributed by atoms with van der Waals surface area (Å²) in [5.74, 6) is 0.517. The molecule has 1 aliphatic carbocycles. The third-order valence-electron chi connectivity index (χ3n) is 3.97. The molecule has 1 N–H and O–H groups in total.